The third-order valence-corrected chi connectivity index (χ3v) is 4.75. The summed E-state index contributed by atoms with van der Waals surface area (Å²) in [6, 6.07) is 1.13. The van der Waals surface area contributed by atoms with Crippen molar-refractivity contribution >= 4 is 17.5 Å². The van der Waals surface area contributed by atoms with Gasteiger partial charge in [-0.2, -0.15) is 23.4 Å². The molecule has 0 atom stereocenters. The summed E-state index contributed by atoms with van der Waals surface area (Å²) in [5, 5.41) is 10.8. The molecule has 0 aliphatic heterocycles. The number of aryl methyl sites for hydroxylation is 3. The smallest absolute Gasteiger partial charge is 0.351 e. The van der Waals surface area contributed by atoms with Gasteiger partial charge in [-0.15, -0.1) is 0 Å². The molecule has 10 heteroatoms. The molecule has 3 rings (SSSR count). The van der Waals surface area contributed by atoms with Crippen molar-refractivity contribution in [1.29, 1.82) is 0 Å². The first kappa shape index (κ1) is 18.8. The first-order valence-corrected chi connectivity index (χ1v) is 8.68. The Labute approximate surface area is 153 Å². The van der Waals surface area contributed by atoms with Gasteiger partial charge in [-0.3, -0.25) is 14.2 Å². The number of alkyl halides is 3. The number of rotatable bonds is 6. The minimum Gasteiger partial charge on any atom is -0.351 e. The highest BCUT2D eigenvalue weighted by atomic mass is 35.5. The number of hydrogen-bond donors (Lipinski definition) is 1. The van der Waals surface area contributed by atoms with E-state index >= 15 is 0 Å². The average Bonchev–Trinajstić information content (AvgIpc) is 3.23. The van der Waals surface area contributed by atoms with E-state index < -0.39 is 11.9 Å². The van der Waals surface area contributed by atoms with Gasteiger partial charge < -0.3 is 5.32 Å². The monoisotopic (exact) mass is 389 g/mol. The van der Waals surface area contributed by atoms with Crippen molar-refractivity contribution in [2.45, 2.75) is 44.8 Å². The van der Waals surface area contributed by atoms with E-state index in [1.165, 1.54) is 9.36 Å². The largest absolute Gasteiger partial charge is 0.435 e. The summed E-state index contributed by atoms with van der Waals surface area (Å²) in [4.78, 5) is 12.2. The Hall–Kier alpha value is -2.03. The molecule has 1 N–H and O–H groups in total. The van der Waals surface area contributed by atoms with Crippen LogP contribution in [0.15, 0.2) is 6.07 Å². The number of halogens is 4. The highest BCUT2D eigenvalue weighted by molar-refractivity contribution is 6.34. The molecule has 0 unspecified atom stereocenters. The van der Waals surface area contributed by atoms with Crippen molar-refractivity contribution in [1.82, 2.24) is 24.9 Å². The second-order valence-corrected chi connectivity index (χ2v) is 6.81. The summed E-state index contributed by atoms with van der Waals surface area (Å²) in [7, 11) is 1.62. The maximum absolute atomic E-state index is 12.9. The number of aromatic nitrogens is 4. The van der Waals surface area contributed by atoms with E-state index in [1.54, 1.807) is 14.0 Å². The number of carbonyl (C=O) groups is 1. The van der Waals surface area contributed by atoms with Crippen molar-refractivity contribution in [3.05, 3.63) is 33.9 Å². The number of carbonyl (C=O) groups excluding carboxylic acids is 1. The van der Waals surface area contributed by atoms with Crippen molar-refractivity contribution < 1.29 is 18.0 Å². The fourth-order valence-electron chi connectivity index (χ4n) is 2.85. The Kier molecular flexibility index (Phi) is 5.01. The average molecular weight is 390 g/mol. The van der Waals surface area contributed by atoms with E-state index in [2.05, 4.69) is 15.5 Å². The van der Waals surface area contributed by atoms with Gasteiger partial charge in [0, 0.05) is 31.7 Å². The third-order valence-electron chi connectivity index (χ3n) is 4.29. The number of hydrogen-bond acceptors (Lipinski definition) is 3. The van der Waals surface area contributed by atoms with Gasteiger partial charge in [-0.05, 0) is 32.3 Å². The van der Waals surface area contributed by atoms with Crippen LogP contribution >= 0.6 is 11.6 Å². The zero-order valence-corrected chi connectivity index (χ0v) is 15.2. The van der Waals surface area contributed by atoms with Crippen molar-refractivity contribution in [3.8, 4) is 0 Å². The molecule has 6 nitrogen and oxygen atoms in total. The highest BCUT2D eigenvalue weighted by Crippen LogP contribution is 2.42. The fourth-order valence-corrected chi connectivity index (χ4v) is 3.10. The van der Waals surface area contributed by atoms with Crippen molar-refractivity contribution in [2.75, 3.05) is 6.54 Å². The van der Waals surface area contributed by atoms with Gasteiger partial charge in [-0.1, -0.05) is 11.6 Å². The van der Waals surface area contributed by atoms with E-state index in [-0.39, 0.29) is 17.5 Å². The topological polar surface area (TPSA) is 64.7 Å². The van der Waals surface area contributed by atoms with Crippen LogP contribution in [0.4, 0.5) is 13.2 Å². The second kappa shape index (κ2) is 6.94. The van der Waals surface area contributed by atoms with Gasteiger partial charge in [-0.25, -0.2) is 0 Å². The third kappa shape index (κ3) is 3.87. The molecule has 1 saturated carbocycles. The number of nitrogens with zero attached hydrogens (tertiary/aromatic N) is 4. The Morgan fingerprint density at radius 3 is 2.62 bits per heavy atom. The minimum absolute atomic E-state index is 0.157. The predicted octanol–water partition coefficient (Wildman–Crippen LogP) is 3.29. The molecule has 2 heterocycles. The summed E-state index contributed by atoms with van der Waals surface area (Å²) < 4.78 is 41.4. The molecular formula is C16H19ClF3N5O. The van der Waals surface area contributed by atoms with E-state index in [1.807, 2.05) is 0 Å². The first-order valence-electron chi connectivity index (χ1n) is 8.30. The molecule has 2 aromatic heterocycles. The predicted molar refractivity (Wildman–Crippen MR) is 89.1 cm³/mol. The lowest BCUT2D eigenvalue weighted by molar-refractivity contribution is -0.141. The highest BCUT2D eigenvalue weighted by Gasteiger charge is 2.37. The van der Waals surface area contributed by atoms with Crippen LogP contribution in [0.25, 0.3) is 0 Å². The Bertz CT molecular complexity index is 823. The first-order chi connectivity index (χ1) is 12.2. The molecule has 0 spiro atoms. The van der Waals surface area contributed by atoms with Gasteiger partial charge in [0.15, 0.2) is 5.69 Å². The molecule has 1 amide bonds. The number of amides is 1. The van der Waals surface area contributed by atoms with E-state index in [0.29, 0.717) is 35.9 Å². The lowest BCUT2D eigenvalue weighted by Crippen LogP contribution is -2.27. The van der Waals surface area contributed by atoms with Crippen LogP contribution in [0.1, 0.15) is 52.8 Å². The number of nitrogens with one attached hydrogen (secondary N) is 1. The van der Waals surface area contributed by atoms with Crippen LogP contribution in [-0.4, -0.2) is 32.0 Å². The van der Waals surface area contributed by atoms with E-state index in [9.17, 15) is 18.0 Å². The fraction of sp³-hybridized carbons (Fsp3) is 0.562. The van der Waals surface area contributed by atoms with Crippen molar-refractivity contribution in [3.63, 3.8) is 0 Å². The zero-order chi connectivity index (χ0) is 19.1. The van der Waals surface area contributed by atoms with Crippen LogP contribution in [0.3, 0.4) is 0 Å². The summed E-state index contributed by atoms with van der Waals surface area (Å²) in [5.74, 6) is -0.207. The van der Waals surface area contributed by atoms with Gasteiger partial charge in [0.25, 0.3) is 5.91 Å². The SMILES string of the molecule is Cc1nn(C)c(C(=O)NCCCn2nc(C(F)(F)F)cc2C2CC2)c1Cl. The molecule has 26 heavy (non-hydrogen) atoms. The molecule has 1 aliphatic carbocycles. The van der Waals surface area contributed by atoms with Gasteiger partial charge >= 0.3 is 6.18 Å². The Morgan fingerprint density at radius 2 is 2.08 bits per heavy atom. The van der Waals surface area contributed by atoms with E-state index in [4.69, 9.17) is 11.6 Å². The van der Waals surface area contributed by atoms with Crippen LogP contribution in [0.5, 0.6) is 0 Å². The molecule has 142 valence electrons. The molecule has 0 aromatic carbocycles. The Morgan fingerprint density at radius 1 is 1.38 bits per heavy atom. The van der Waals surface area contributed by atoms with Crippen molar-refractivity contribution in [2.24, 2.45) is 7.05 Å². The molecular weight excluding hydrogens is 371 g/mol. The molecule has 0 bridgehead atoms. The van der Waals surface area contributed by atoms with Crippen LogP contribution in [0, 0.1) is 6.92 Å². The van der Waals surface area contributed by atoms with Gasteiger partial charge in [0.2, 0.25) is 0 Å². The second-order valence-electron chi connectivity index (χ2n) is 6.43. The van der Waals surface area contributed by atoms with Crippen LogP contribution < -0.4 is 5.32 Å². The lowest BCUT2D eigenvalue weighted by atomic mass is 10.2. The minimum atomic E-state index is -4.45. The maximum atomic E-state index is 12.9. The molecule has 0 saturated heterocycles. The zero-order valence-electron chi connectivity index (χ0n) is 14.4. The lowest BCUT2D eigenvalue weighted by Gasteiger charge is -2.08. The normalized spacial score (nSPS) is 14.7. The summed E-state index contributed by atoms with van der Waals surface area (Å²) >= 11 is 6.06. The molecule has 0 radical (unpaired) electrons. The van der Waals surface area contributed by atoms with E-state index in [0.717, 1.165) is 18.9 Å². The van der Waals surface area contributed by atoms with Gasteiger partial charge in [0.05, 0.1) is 10.7 Å². The molecule has 1 aliphatic rings. The summed E-state index contributed by atoms with van der Waals surface area (Å²) in [6.07, 6.45) is -2.22. The van der Waals surface area contributed by atoms with Gasteiger partial charge in [0.1, 0.15) is 5.69 Å². The Balaban J connectivity index is 1.58. The molecule has 1 fully saturated rings. The summed E-state index contributed by atoms with van der Waals surface area (Å²) in [6.45, 7) is 2.31. The quantitative estimate of drug-likeness (QED) is 0.771. The molecule has 2 aromatic rings. The van der Waals surface area contributed by atoms with Crippen LogP contribution in [-0.2, 0) is 19.8 Å². The standard InChI is InChI=1S/C16H19ClF3N5O/c1-9-13(17)14(24(2)22-9)15(26)21-6-3-7-25-11(10-4-5-10)8-12(23-25)16(18,19)20/h8,10H,3-7H2,1-2H3,(H,21,26). The maximum Gasteiger partial charge on any atom is 0.435 e. The van der Waals surface area contributed by atoms with Crippen LogP contribution in [0.2, 0.25) is 5.02 Å². The summed E-state index contributed by atoms with van der Waals surface area (Å²) in [5.41, 5.74) is 0.584.